The van der Waals surface area contributed by atoms with E-state index in [1.807, 2.05) is 23.9 Å². The van der Waals surface area contributed by atoms with Crippen molar-refractivity contribution in [2.24, 2.45) is 11.8 Å². The average molecular weight is 308 g/mol. The predicted octanol–water partition coefficient (Wildman–Crippen LogP) is 2.50. The van der Waals surface area contributed by atoms with Crippen molar-refractivity contribution in [1.82, 2.24) is 5.43 Å². The Hall–Kier alpha value is -0.750. The van der Waals surface area contributed by atoms with Crippen molar-refractivity contribution in [3.8, 4) is 5.75 Å². The van der Waals surface area contributed by atoms with E-state index in [1.54, 1.807) is 7.11 Å². The van der Waals surface area contributed by atoms with Gasteiger partial charge in [-0.3, -0.25) is 11.3 Å². The summed E-state index contributed by atoms with van der Waals surface area (Å²) in [4.78, 5) is 0. The van der Waals surface area contributed by atoms with E-state index in [9.17, 15) is 0 Å². The summed E-state index contributed by atoms with van der Waals surface area (Å²) in [7, 11) is 1.70. The summed E-state index contributed by atoms with van der Waals surface area (Å²) >= 11 is 2.01. The second-order valence-electron chi connectivity index (χ2n) is 6.01. The number of rotatable bonds is 4. The van der Waals surface area contributed by atoms with E-state index in [-0.39, 0.29) is 11.6 Å². The molecule has 2 saturated heterocycles. The molecular weight excluding hydrogens is 284 g/mol. The molecule has 0 radical (unpaired) electrons. The molecule has 0 bridgehead atoms. The van der Waals surface area contributed by atoms with Gasteiger partial charge >= 0.3 is 0 Å². The third-order valence-corrected chi connectivity index (χ3v) is 5.93. The molecule has 116 valence electrons. The first-order valence-corrected chi connectivity index (χ1v) is 8.74. The zero-order chi connectivity index (χ0) is 14.7. The Morgan fingerprint density at radius 3 is 3.14 bits per heavy atom. The summed E-state index contributed by atoms with van der Waals surface area (Å²) in [5.41, 5.74) is 4.31. The first-order valence-electron chi connectivity index (χ1n) is 7.58. The molecule has 2 fully saturated rings. The summed E-state index contributed by atoms with van der Waals surface area (Å²) in [6, 6.07) is 8.36. The van der Waals surface area contributed by atoms with Gasteiger partial charge in [-0.25, -0.2) is 0 Å². The van der Waals surface area contributed by atoms with E-state index >= 15 is 0 Å². The van der Waals surface area contributed by atoms with Crippen LogP contribution in [-0.2, 0) is 4.74 Å². The van der Waals surface area contributed by atoms with Crippen LogP contribution in [0.15, 0.2) is 24.3 Å². The summed E-state index contributed by atoms with van der Waals surface area (Å²) in [5, 5.41) is 0. The van der Waals surface area contributed by atoms with Gasteiger partial charge in [-0.15, -0.1) is 0 Å². The highest BCUT2D eigenvalue weighted by molar-refractivity contribution is 7.99. The van der Waals surface area contributed by atoms with Crippen LogP contribution in [0, 0.1) is 5.92 Å². The van der Waals surface area contributed by atoms with Crippen molar-refractivity contribution >= 4 is 11.8 Å². The lowest BCUT2D eigenvalue weighted by molar-refractivity contribution is -0.0854. The Bertz CT molecular complexity index is 477. The van der Waals surface area contributed by atoms with Gasteiger partial charge in [-0.2, -0.15) is 11.8 Å². The molecule has 0 amide bonds. The minimum atomic E-state index is 0.0849. The number of hydrazine groups is 1. The number of hydrogen-bond donors (Lipinski definition) is 2. The Labute approximate surface area is 130 Å². The van der Waals surface area contributed by atoms with Crippen LogP contribution in [0.1, 0.15) is 30.9 Å². The second-order valence-corrected chi connectivity index (χ2v) is 7.11. The normalized spacial score (nSPS) is 30.5. The van der Waals surface area contributed by atoms with Gasteiger partial charge < -0.3 is 9.47 Å². The Kier molecular flexibility index (Phi) is 4.74. The topological polar surface area (TPSA) is 56.5 Å². The average Bonchev–Trinajstić information content (AvgIpc) is 2.96. The molecule has 0 aliphatic carbocycles. The highest BCUT2D eigenvalue weighted by Gasteiger charge is 2.42. The Morgan fingerprint density at radius 2 is 2.43 bits per heavy atom. The van der Waals surface area contributed by atoms with Crippen LogP contribution in [0.2, 0.25) is 0 Å². The summed E-state index contributed by atoms with van der Waals surface area (Å²) in [6.07, 6.45) is 3.31. The van der Waals surface area contributed by atoms with Crippen LogP contribution >= 0.6 is 11.8 Å². The van der Waals surface area contributed by atoms with E-state index in [1.165, 1.54) is 17.7 Å². The second kappa shape index (κ2) is 6.57. The number of hydrogen-bond acceptors (Lipinski definition) is 5. The van der Waals surface area contributed by atoms with Crippen LogP contribution in [0.5, 0.6) is 5.75 Å². The fraction of sp³-hybridized carbons (Fsp3) is 0.625. The monoisotopic (exact) mass is 308 g/mol. The molecule has 1 aromatic carbocycles. The van der Waals surface area contributed by atoms with Crippen LogP contribution in [0.25, 0.3) is 0 Å². The number of thioether (sulfide) groups is 1. The maximum atomic E-state index is 6.12. The maximum absolute atomic E-state index is 6.12. The molecule has 0 saturated carbocycles. The fourth-order valence-electron chi connectivity index (χ4n) is 3.55. The molecule has 2 heterocycles. The molecule has 1 aromatic rings. The molecule has 3 rings (SSSR count). The van der Waals surface area contributed by atoms with Crippen molar-refractivity contribution in [2.45, 2.75) is 30.9 Å². The van der Waals surface area contributed by atoms with E-state index in [0.29, 0.717) is 5.92 Å². The Morgan fingerprint density at radius 1 is 1.52 bits per heavy atom. The van der Waals surface area contributed by atoms with E-state index in [2.05, 4.69) is 17.6 Å². The zero-order valence-corrected chi connectivity index (χ0v) is 13.3. The highest BCUT2D eigenvalue weighted by Crippen LogP contribution is 2.44. The Balaban J connectivity index is 1.78. The lowest BCUT2D eigenvalue weighted by atomic mass is 9.79. The molecular formula is C16H24N2O2S. The van der Waals surface area contributed by atoms with Gasteiger partial charge in [0.05, 0.1) is 12.7 Å². The molecule has 3 atom stereocenters. The van der Waals surface area contributed by atoms with Gasteiger partial charge in [0.15, 0.2) is 0 Å². The quantitative estimate of drug-likeness (QED) is 0.661. The van der Waals surface area contributed by atoms with Crippen molar-refractivity contribution in [3.05, 3.63) is 29.8 Å². The zero-order valence-electron chi connectivity index (χ0n) is 12.5. The first-order chi connectivity index (χ1) is 10.3. The van der Waals surface area contributed by atoms with Crippen LogP contribution in [-0.4, -0.2) is 30.8 Å². The summed E-state index contributed by atoms with van der Waals surface area (Å²) in [6.45, 7) is 0.841. The molecule has 2 aliphatic heterocycles. The van der Waals surface area contributed by atoms with Gasteiger partial charge in [0.1, 0.15) is 5.75 Å². The predicted molar refractivity (Wildman–Crippen MR) is 86.4 cm³/mol. The smallest absolute Gasteiger partial charge is 0.119 e. The highest BCUT2D eigenvalue weighted by atomic mass is 32.2. The molecule has 1 spiro atoms. The minimum absolute atomic E-state index is 0.0849. The molecule has 21 heavy (non-hydrogen) atoms. The third kappa shape index (κ3) is 3.21. The number of nitrogens with one attached hydrogen (secondary N) is 1. The molecule has 2 aliphatic rings. The van der Waals surface area contributed by atoms with Gasteiger partial charge in [0.25, 0.3) is 0 Å². The molecule has 3 N–H and O–H groups in total. The van der Waals surface area contributed by atoms with Crippen LogP contribution < -0.4 is 16.0 Å². The van der Waals surface area contributed by atoms with E-state index in [4.69, 9.17) is 15.3 Å². The molecule has 5 heteroatoms. The lowest BCUT2D eigenvalue weighted by Crippen LogP contribution is -2.45. The van der Waals surface area contributed by atoms with Crippen molar-refractivity contribution in [1.29, 1.82) is 0 Å². The number of methoxy groups -OCH3 is 1. The summed E-state index contributed by atoms with van der Waals surface area (Å²) in [5.74, 6) is 9.61. The van der Waals surface area contributed by atoms with Gasteiger partial charge in [-0.1, -0.05) is 12.1 Å². The number of benzene rings is 1. The fourth-order valence-corrected chi connectivity index (χ4v) is 4.93. The van der Waals surface area contributed by atoms with Crippen molar-refractivity contribution in [2.75, 3.05) is 25.2 Å². The van der Waals surface area contributed by atoms with Crippen LogP contribution in [0.4, 0.5) is 0 Å². The third-order valence-electron chi connectivity index (χ3n) is 4.70. The van der Waals surface area contributed by atoms with Crippen molar-refractivity contribution in [3.63, 3.8) is 0 Å². The molecule has 3 unspecified atom stereocenters. The molecule has 4 nitrogen and oxygen atoms in total. The van der Waals surface area contributed by atoms with Crippen molar-refractivity contribution < 1.29 is 9.47 Å². The number of nitrogens with two attached hydrogens (primary N) is 1. The lowest BCUT2D eigenvalue weighted by Gasteiger charge is -2.41. The minimum Gasteiger partial charge on any atom is -0.497 e. The molecule has 0 aromatic heterocycles. The van der Waals surface area contributed by atoms with Gasteiger partial charge in [0, 0.05) is 18.4 Å². The van der Waals surface area contributed by atoms with Gasteiger partial charge in [0.2, 0.25) is 0 Å². The summed E-state index contributed by atoms with van der Waals surface area (Å²) < 4.78 is 11.5. The SMILES string of the molecule is COc1cccc(C(NN)C2CCOC3(CCSC3)C2)c1. The maximum Gasteiger partial charge on any atom is 0.119 e. The van der Waals surface area contributed by atoms with E-state index in [0.717, 1.165) is 31.0 Å². The standard InChI is InChI=1S/C16H24N2O2S/c1-19-14-4-2-3-12(9-14)15(18-17)13-5-7-20-16(10-13)6-8-21-11-16/h2-4,9,13,15,18H,5-8,10-11,17H2,1H3. The number of ether oxygens (including phenoxy) is 2. The first kappa shape index (κ1) is 15.2. The van der Waals surface area contributed by atoms with Crippen LogP contribution in [0.3, 0.4) is 0 Å². The van der Waals surface area contributed by atoms with E-state index < -0.39 is 0 Å². The largest absolute Gasteiger partial charge is 0.497 e. The van der Waals surface area contributed by atoms with Gasteiger partial charge in [-0.05, 0) is 48.6 Å².